The summed E-state index contributed by atoms with van der Waals surface area (Å²) in [5.41, 5.74) is -18.2. The van der Waals surface area contributed by atoms with Gasteiger partial charge in [0.2, 0.25) is 6.10 Å². The third kappa shape index (κ3) is 3.72. The van der Waals surface area contributed by atoms with Crippen molar-refractivity contribution in [3.05, 3.63) is 24.2 Å². The van der Waals surface area contributed by atoms with Crippen molar-refractivity contribution < 1.29 is 91.1 Å². The van der Waals surface area contributed by atoms with E-state index < -0.39 is 147 Å². The number of carbonyl (C=O) groups excluding carboxylic acids is 6. The molecule has 1 aromatic rings. The van der Waals surface area contributed by atoms with Crippen LogP contribution >= 0.6 is 0 Å². The normalized spacial score (nSPS) is 51.1. The van der Waals surface area contributed by atoms with Crippen LogP contribution in [0.5, 0.6) is 0 Å². The van der Waals surface area contributed by atoms with Gasteiger partial charge < -0.3 is 62.4 Å². The fourth-order valence-electron chi connectivity index (χ4n) is 14.1. The lowest BCUT2D eigenvalue weighted by molar-refractivity contribution is -0.455. The van der Waals surface area contributed by atoms with Gasteiger partial charge in [-0.3, -0.25) is 19.2 Å². The number of furan rings is 1. The Balaban J connectivity index is 1.47. The maximum atomic E-state index is 14.7. The summed E-state index contributed by atoms with van der Waals surface area (Å²) in [4.78, 5) is 82.1. The molecule has 17 atom stereocenters. The van der Waals surface area contributed by atoms with E-state index in [1.54, 1.807) is 0 Å². The highest BCUT2D eigenvalue weighted by Gasteiger charge is 3.11. The topological polar surface area (TPSA) is 259 Å². The minimum absolute atomic E-state index is 0.264. The Hall–Kier alpha value is -4.14. The number of esters is 6. The van der Waals surface area contributed by atoms with Crippen LogP contribution in [0.15, 0.2) is 23.0 Å². The van der Waals surface area contributed by atoms with Gasteiger partial charge in [-0.15, -0.1) is 0 Å². The lowest BCUT2D eigenvalue weighted by Gasteiger charge is -2.76. The Morgan fingerprint density at radius 3 is 2.07 bits per heavy atom. The standard InChI is InChI=1S/C39H46O19/c1-15(2)26(44)55-30-37(48)29(53-18(5)42)31(6)13-36(37,47)32(7,21(31)20(43)27(45)49-9)38-24-23(51-16(3)40)34-14-35(34,39(30,38)58-33(8,56-24)57-38)25(52-17(4)41)28(46)54-22(34)19-10-11-50-12-19/h10-12,15,20-25,29-30,43,47-48H,13-14H2,1-9H3/t20-,21+,22+,23+,24-,25+,29+,30-,31-,32-,33?,34-,35-,36-,37-,38+,39+/m1/s1. The van der Waals surface area contributed by atoms with Crippen molar-refractivity contribution in [2.75, 3.05) is 7.11 Å². The van der Waals surface area contributed by atoms with Gasteiger partial charge in [-0.2, -0.15) is 0 Å². The van der Waals surface area contributed by atoms with E-state index in [4.69, 9.17) is 47.0 Å². The summed E-state index contributed by atoms with van der Waals surface area (Å²) in [6.07, 6.45) is -11.0. The van der Waals surface area contributed by atoms with Gasteiger partial charge >= 0.3 is 35.8 Å². The Kier molecular flexibility index (Phi) is 7.57. The van der Waals surface area contributed by atoms with Crippen LogP contribution in [0.1, 0.15) is 79.9 Å². The largest absolute Gasteiger partial charge is 0.472 e. The van der Waals surface area contributed by atoms with E-state index in [2.05, 4.69) is 0 Å². The predicted molar refractivity (Wildman–Crippen MR) is 182 cm³/mol. The Bertz CT molecular complexity index is 2070. The van der Waals surface area contributed by atoms with Crippen molar-refractivity contribution in [3.8, 4) is 0 Å². The third-order valence-corrected chi connectivity index (χ3v) is 15.3. The van der Waals surface area contributed by atoms with E-state index in [0.717, 1.165) is 27.9 Å². The molecule has 19 heteroatoms. The average Bonchev–Trinajstić information content (AvgIpc) is 3.49. The first-order chi connectivity index (χ1) is 26.9. The van der Waals surface area contributed by atoms with Crippen LogP contribution in [-0.4, -0.2) is 123 Å². The number of cyclic esters (lactones) is 1. The molecule has 5 aliphatic carbocycles. The SMILES string of the molecule is COC(=O)[C@H](O)[C@H]1[C@@]2(C)C[C@]3(O)[C@](O)([C@@H](OC(=O)C(C)C)[C@]45OC6(C)O[C@H]([C@H](OC(C)=O)[C@]78C[C@@]74[C@@H](OC(C)=O)C(=O)O[C@H]8c4ccoc4)[C@]5(O6)[C@]13C)[C@H]2OC(C)=O. The van der Waals surface area contributed by atoms with Crippen LogP contribution in [-0.2, 0) is 71.4 Å². The first-order valence-corrected chi connectivity index (χ1v) is 19.2. The second-order valence-corrected chi connectivity index (χ2v) is 18.1. The lowest BCUT2D eigenvalue weighted by atomic mass is 9.33. The Labute approximate surface area is 330 Å². The van der Waals surface area contributed by atoms with Crippen LogP contribution in [0.3, 0.4) is 0 Å². The van der Waals surface area contributed by atoms with Crippen molar-refractivity contribution in [1.82, 2.24) is 0 Å². The number of ether oxygens (including phenoxy) is 9. The van der Waals surface area contributed by atoms with Gasteiger partial charge in [0.1, 0.15) is 35.6 Å². The second-order valence-electron chi connectivity index (χ2n) is 18.1. The highest BCUT2D eigenvalue weighted by atomic mass is 17.0. The highest BCUT2D eigenvalue weighted by molar-refractivity contribution is 5.85. The molecule has 0 radical (unpaired) electrons. The molecule has 8 fully saturated rings. The van der Waals surface area contributed by atoms with Crippen molar-refractivity contribution >= 4 is 35.8 Å². The predicted octanol–water partition coefficient (Wildman–Crippen LogP) is 0.283. The van der Waals surface area contributed by atoms with Gasteiger partial charge in [-0.25, -0.2) is 9.59 Å². The summed E-state index contributed by atoms with van der Waals surface area (Å²) in [6.45, 7) is 10.5. The maximum absolute atomic E-state index is 14.7. The van der Waals surface area contributed by atoms with Crippen LogP contribution in [0.4, 0.5) is 0 Å². The van der Waals surface area contributed by atoms with Crippen molar-refractivity contribution in [2.45, 2.75) is 139 Å². The molecule has 4 bridgehead atoms. The Morgan fingerprint density at radius 1 is 0.862 bits per heavy atom. The van der Waals surface area contributed by atoms with Crippen molar-refractivity contribution in [1.29, 1.82) is 0 Å². The molecule has 0 aromatic carbocycles. The zero-order valence-electron chi connectivity index (χ0n) is 33.2. The first-order valence-electron chi connectivity index (χ1n) is 19.2. The zero-order chi connectivity index (χ0) is 42.3. The second kappa shape index (κ2) is 11.2. The molecule has 1 unspecified atom stereocenters. The van der Waals surface area contributed by atoms with E-state index in [9.17, 15) is 44.1 Å². The number of hydrogen-bond acceptors (Lipinski definition) is 19. The Morgan fingerprint density at radius 2 is 1.50 bits per heavy atom. The minimum Gasteiger partial charge on any atom is -0.472 e. The molecular formula is C39H46O19. The summed E-state index contributed by atoms with van der Waals surface area (Å²) >= 11 is 0. The summed E-state index contributed by atoms with van der Waals surface area (Å²) in [7, 11) is 1.03. The number of hydrogen-bond donors (Lipinski definition) is 3. The van der Waals surface area contributed by atoms with Gasteiger partial charge in [-0.05, 0) is 18.9 Å². The number of fused-ring (bicyclic) bond motifs is 2. The molecule has 3 N–H and O–H groups in total. The first kappa shape index (κ1) is 39.3. The number of methoxy groups -OCH3 is 1. The molecule has 1 aromatic heterocycles. The third-order valence-electron chi connectivity index (χ3n) is 15.3. The van der Waals surface area contributed by atoms with E-state index in [0.29, 0.717) is 0 Å². The van der Waals surface area contributed by atoms with Crippen molar-refractivity contribution in [3.63, 3.8) is 0 Å². The van der Waals surface area contributed by atoms with Crippen LogP contribution in [0.25, 0.3) is 0 Å². The summed E-state index contributed by atoms with van der Waals surface area (Å²) in [5.74, 6) is -10.8. The monoisotopic (exact) mass is 818 g/mol. The highest BCUT2D eigenvalue weighted by Crippen LogP contribution is 2.95. The van der Waals surface area contributed by atoms with Crippen LogP contribution < -0.4 is 0 Å². The average molecular weight is 819 g/mol. The van der Waals surface area contributed by atoms with E-state index >= 15 is 0 Å². The van der Waals surface area contributed by atoms with Gasteiger partial charge in [0, 0.05) is 50.0 Å². The van der Waals surface area contributed by atoms with Gasteiger partial charge in [0.05, 0.1) is 36.4 Å². The van der Waals surface area contributed by atoms with Gasteiger partial charge in [0.25, 0.3) is 5.97 Å². The smallest absolute Gasteiger partial charge is 0.348 e. The molecule has 3 saturated heterocycles. The number of aliphatic hydroxyl groups is 3. The van der Waals surface area contributed by atoms with Gasteiger partial charge in [-0.1, -0.05) is 27.7 Å². The number of aliphatic hydroxyl groups excluding tert-OH is 1. The summed E-state index contributed by atoms with van der Waals surface area (Å²) in [5, 5.41) is 39.8. The minimum atomic E-state index is -2.93. The fraction of sp³-hybridized carbons (Fsp3) is 0.744. The van der Waals surface area contributed by atoms with E-state index in [-0.39, 0.29) is 12.0 Å². The fourth-order valence-corrected chi connectivity index (χ4v) is 14.1. The molecule has 8 aliphatic rings. The molecule has 19 nitrogen and oxygen atoms in total. The van der Waals surface area contributed by atoms with E-state index in [1.165, 1.54) is 53.2 Å². The van der Waals surface area contributed by atoms with E-state index in [1.807, 2.05) is 0 Å². The molecule has 3 aliphatic heterocycles. The number of carbonyl (C=O) groups is 6. The summed E-state index contributed by atoms with van der Waals surface area (Å²) in [6, 6.07) is 1.50. The molecule has 4 heterocycles. The quantitative estimate of drug-likeness (QED) is 0.235. The molecule has 1 spiro atoms. The van der Waals surface area contributed by atoms with Crippen LogP contribution in [0, 0.1) is 33.5 Å². The molecule has 316 valence electrons. The van der Waals surface area contributed by atoms with Crippen molar-refractivity contribution in [2.24, 2.45) is 33.5 Å². The molecule has 9 rings (SSSR count). The van der Waals surface area contributed by atoms with Gasteiger partial charge in [0.15, 0.2) is 23.4 Å². The molecular weight excluding hydrogens is 772 g/mol. The zero-order valence-corrected chi connectivity index (χ0v) is 33.2. The molecule has 5 saturated carbocycles. The number of rotatable bonds is 8. The maximum Gasteiger partial charge on any atom is 0.348 e. The van der Waals surface area contributed by atoms with Crippen LogP contribution in [0.2, 0.25) is 0 Å². The molecule has 0 amide bonds. The lowest BCUT2D eigenvalue weighted by Crippen LogP contribution is -2.97. The summed E-state index contributed by atoms with van der Waals surface area (Å²) < 4.78 is 61.9. The molecule has 58 heavy (non-hydrogen) atoms.